The Hall–Kier alpha value is -2.34. The smallest absolute Gasteiger partial charge is 0.268 e. The molecule has 0 saturated heterocycles. The minimum atomic E-state index is -0.670. The first-order chi connectivity index (χ1) is 10.6. The Kier molecular flexibility index (Phi) is 4.11. The van der Waals surface area contributed by atoms with Gasteiger partial charge in [-0.1, -0.05) is 39.3 Å². The van der Waals surface area contributed by atoms with Crippen LogP contribution in [0.3, 0.4) is 0 Å². The van der Waals surface area contributed by atoms with Crippen LogP contribution in [0.5, 0.6) is 5.75 Å². The minimum absolute atomic E-state index is 0.0937. The van der Waals surface area contributed by atoms with Gasteiger partial charge in [0.25, 0.3) is 5.91 Å². The summed E-state index contributed by atoms with van der Waals surface area (Å²) in [6, 6.07) is 14.0. The molecule has 1 heterocycles. The number of benzene rings is 2. The molecule has 0 aliphatic carbocycles. The number of halogens is 1. The summed E-state index contributed by atoms with van der Waals surface area (Å²) in [7, 11) is 0. The fraction of sp³-hybridized carbons (Fsp3) is 0.125. The molecule has 2 N–H and O–H groups in total. The quantitative estimate of drug-likeness (QED) is 0.882. The highest BCUT2D eigenvalue weighted by molar-refractivity contribution is 9.10. The first-order valence-corrected chi connectivity index (χ1v) is 7.49. The van der Waals surface area contributed by atoms with E-state index in [0.717, 1.165) is 15.7 Å². The third-order valence-electron chi connectivity index (χ3n) is 3.23. The molecule has 0 saturated carbocycles. The topological polar surface area (TPSA) is 70.9 Å². The van der Waals surface area contributed by atoms with E-state index in [1.807, 2.05) is 24.3 Å². The number of amides is 1. The average Bonchev–Trinajstić information content (AvgIpc) is 2.97. The fourth-order valence-corrected chi connectivity index (χ4v) is 2.56. The molecule has 0 aromatic heterocycles. The maximum absolute atomic E-state index is 12.2. The molecule has 0 fully saturated rings. The second kappa shape index (κ2) is 6.19. The molecule has 1 amide bonds. The van der Waals surface area contributed by atoms with E-state index in [2.05, 4.69) is 26.4 Å². The molecule has 1 atom stereocenters. The van der Waals surface area contributed by atoms with Gasteiger partial charge in [-0.05, 0) is 24.3 Å². The summed E-state index contributed by atoms with van der Waals surface area (Å²) in [5, 5.41) is 16.1. The number of carbonyl (C=O) groups excluding carboxylic acids is 1. The van der Waals surface area contributed by atoms with E-state index in [0.29, 0.717) is 12.1 Å². The van der Waals surface area contributed by atoms with Gasteiger partial charge in [-0.3, -0.25) is 4.79 Å². The van der Waals surface area contributed by atoms with Crippen LogP contribution in [0, 0.1) is 0 Å². The molecule has 1 aliphatic rings. The predicted octanol–water partition coefficient (Wildman–Crippen LogP) is 3.29. The van der Waals surface area contributed by atoms with Crippen molar-refractivity contribution in [3.05, 3.63) is 58.6 Å². The van der Waals surface area contributed by atoms with E-state index in [9.17, 15) is 9.90 Å². The Morgan fingerprint density at radius 3 is 2.86 bits per heavy atom. The number of carbonyl (C=O) groups is 1. The largest absolute Gasteiger partial charge is 0.508 e. The van der Waals surface area contributed by atoms with Gasteiger partial charge in [0.1, 0.15) is 5.75 Å². The number of hydrogen-bond donors (Lipinski definition) is 2. The Morgan fingerprint density at radius 2 is 2.09 bits per heavy atom. The van der Waals surface area contributed by atoms with Gasteiger partial charge in [0.05, 0.1) is 5.71 Å². The Bertz CT molecular complexity index is 746. The Morgan fingerprint density at radius 1 is 1.27 bits per heavy atom. The van der Waals surface area contributed by atoms with Crippen LogP contribution in [0.1, 0.15) is 12.0 Å². The third-order valence-corrected chi connectivity index (χ3v) is 3.73. The van der Waals surface area contributed by atoms with Crippen LogP contribution >= 0.6 is 15.9 Å². The summed E-state index contributed by atoms with van der Waals surface area (Å²) < 4.78 is 0.945. The molecule has 0 radical (unpaired) electrons. The van der Waals surface area contributed by atoms with Crippen molar-refractivity contribution in [3.8, 4) is 5.75 Å². The molecular weight excluding hydrogens is 348 g/mol. The number of phenols is 1. The SMILES string of the molecule is O=C(Nc1cccc(O)c1)[C@@H]1CC(c2cccc(Br)c2)=NO1. The zero-order valence-electron chi connectivity index (χ0n) is 11.5. The second-order valence-electron chi connectivity index (χ2n) is 4.89. The highest BCUT2D eigenvalue weighted by Gasteiger charge is 2.29. The van der Waals surface area contributed by atoms with Crippen molar-refractivity contribution in [2.45, 2.75) is 12.5 Å². The molecule has 2 aromatic rings. The number of nitrogens with zero attached hydrogens (tertiary/aromatic N) is 1. The summed E-state index contributed by atoms with van der Waals surface area (Å²) in [4.78, 5) is 17.4. The normalized spacial score (nSPS) is 16.8. The summed E-state index contributed by atoms with van der Waals surface area (Å²) in [5.41, 5.74) is 2.17. The monoisotopic (exact) mass is 360 g/mol. The van der Waals surface area contributed by atoms with E-state index in [-0.39, 0.29) is 11.7 Å². The Balaban J connectivity index is 1.65. The number of anilines is 1. The lowest BCUT2D eigenvalue weighted by molar-refractivity contribution is -0.125. The fourth-order valence-electron chi connectivity index (χ4n) is 2.16. The maximum atomic E-state index is 12.2. The molecular formula is C16H13BrN2O3. The number of hydrogen-bond acceptors (Lipinski definition) is 4. The van der Waals surface area contributed by atoms with Crippen LogP contribution in [-0.4, -0.2) is 22.8 Å². The van der Waals surface area contributed by atoms with Gasteiger partial charge < -0.3 is 15.3 Å². The highest BCUT2D eigenvalue weighted by Crippen LogP contribution is 2.21. The molecule has 22 heavy (non-hydrogen) atoms. The van der Waals surface area contributed by atoms with Crippen LogP contribution in [0.25, 0.3) is 0 Å². The predicted molar refractivity (Wildman–Crippen MR) is 86.9 cm³/mol. The van der Waals surface area contributed by atoms with Crippen molar-refractivity contribution >= 4 is 33.2 Å². The van der Waals surface area contributed by atoms with Crippen LogP contribution in [0.4, 0.5) is 5.69 Å². The zero-order valence-corrected chi connectivity index (χ0v) is 13.1. The molecule has 0 bridgehead atoms. The van der Waals surface area contributed by atoms with Crippen molar-refractivity contribution in [1.82, 2.24) is 0 Å². The molecule has 3 rings (SSSR count). The molecule has 5 nitrogen and oxygen atoms in total. The lowest BCUT2D eigenvalue weighted by atomic mass is 10.0. The number of rotatable bonds is 3. The van der Waals surface area contributed by atoms with Gasteiger partial charge in [0.2, 0.25) is 6.10 Å². The van der Waals surface area contributed by atoms with Gasteiger partial charge >= 0.3 is 0 Å². The number of oxime groups is 1. The molecule has 112 valence electrons. The van der Waals surface area contributed by atoms with Crippen molar-refractivity contribution in [3.63, 3.8) is 0 Å². The van der Waals surface area contributed by atoms with E-state index < -0.39 is 6.10 Å². The average molecular weight is 361 g/mol. The van der Waals surface area contributed by atoms with Gasteiger partial charge in [-0.15, -0.1) is 0 Å². The first-order valence-electron chi connectivity index (χ1n) is 6.70. The first kappa shape index (κ1) is 14.6. The molecule has 2 aromatic carbocycles. The lowest BCUT2D eigenvalue weighted by Crippen LogP contribution is -2.28. The maximum Gasteiger partial charge on any atom is 0.268 e. The van der Waals surface area contributed by atoms with Crippen molar-refractivity contribution in [1.29, 1.82) is 0 Å². The number of phenolic OH excluding ortho intramolecular Hbond substituents is 1. The molecule has 6 heteroatoms. The van der Waals surface area contributed by atoms with Crippen LogP contribution in [0.2, 0.25) is 0 Å². The standard InChI is InChI=1S/C16H13BrN2O3/c17-11-4-1-3-10(7-11)14-9-15(22-19-14)16(21)18-12-5-2-6-13(20)8-12/h1-8,15,20H,9H2,(H,18,21)/t15-/m0/s1. The summed E-state index contributed by atoms with van der Waals surface area (Å²) in [6.07, 6.45) is -0.266. The summed E-state index contributed by atoms with van der Waals surface area (Å²) in [6.45, 7) is 0. The van der Waals surface area contributed by atoms with Crippen LogP contribution in [-0.2, 0) is 9.63 Å². The summed E-state index contributed by atoms with van der Waals surface area (Å²) >= 11 is 3.41. The van der Waals surface area contributed by atoms with Crippen LogP contribution < -0.4 is 5.32 Å². The van der Waals surface area contributed by atoms with Gasteiger partial charge in [-0.2, -0.15) is 0 Å². The second-order valence-corrected chi connectivity index (χ2v) is 5.80. The van der Waals surface area contributed by atoms with Gasteiger partial charge in [0.15, 0.2) is 0 Å². The van der Waals surface area contributed by atoms with E-state index in [1.54, 1.807) is 12.1 Å². The van der Waals surface area contributed by atoms with E-state index in [4.69, 9.17) is 4.84 Å². The molecule has 0 unspecified atom stereocenters. The van der Waals surface area contributed by atoms with E-state index in [1.165, 1.54) is 12.1 Å². The zero-order chi connectivity index (χ0) is 15.5. The molecule has 1 aliphatic heterocycles. The Labute approximate surface area is 135 Å². The number of aromatic hydroxyl groups is 1. The van der Waals surface area contributed by atoms with Gasteiger partial charge in [0, 0.05) is 28.2 Å². The van der Waals surface area contributed by atoms with Crippen molar-refractivity contribution in [2.24, 2.45) is 5.16 Å². The van der Waals surface area contributed by atoms with Crippen molar-refractivity contribution in [2.75, 3.05) is 5.32 Å². The summed E-state index contributed by atoms with van der Waals surface area (Å²) in [5.74, 6) is -0.199. The van der Waals surface area contributed by atoms with Crippen molar-refractivity contribution < 1.29 is 14.7 Å². The van der Waals surface area contributed by atoms with Crippen LogP contribution in [0.15, 0.2) is 58.2 Å². The van der Waals surface area contributed by atoms with E-state index >= 15 is 0 Å². The third kappa shape index (κ3) is 3.28. The molecule has 0 spiro atoms. The minimum Gasteiger partial charge on any atom is -0.508 e. The highest BCUT2D eigenvalue weighted by atomic mass is 79.9. The van der Waals surface area contributed by atoms with Gasteiger partial charge in [-0.25, -0.2) is 0 Å². The number of nitrogens with one attached hydrogen (secondary N) is 1. The lowest BCUT2D eigenvalue weighted by Gasteiger charge is -2.09.